The zero-order chi connectivity index (χ0) is 18.0. The third-order valence-electron chi connectivity index (χ3n) is 3.90. The summed E-state index contributed by atoms with van der Waals surface area (Å²) in [6.07, 6.45) is 0.819. The Kier molecular flexibility index (Phi) is 4.80. The second kappa shape index (κ2) is 7.02. The van der Waals surface area contributed by atoms with Gasteiger partial charge in [-0.05, 0) is 23.5 Å². The van der Waals surface area contributed by atoms with Crippen LogP contribution in [0.3, 0.4) is 0 Å². The van der Waals surface area contributed by atoms with E-state index in [2.05, 4.69) is 9.36 Å². The minimum atomic E-state index is -0.547. The van der Waals surface area contributed by atoms with Crippen molar-refractivity contribution >= 4 is 28.5 Å². The number of aromatic nitrogens is 3. The van der Waals surface area contributed by atoms with Crippen LogP contribution < -0.4 is 11.2 Å². The molecular weight excluding hydrogens is 340 g/mol. The lowest BCUT2D eigenvalue weighted by Gasteiger charge is -2.14. The maximum Gasteiger partial charge on any atom is 0.329 e. The Labute approximate surface area is 147 Å². The number of H-pyrrole nitrogens is 1. The number of nitrogens with one attached hydrogen (secondary N) is 1. The molecule has 0 radical (unpaired) electrons. The van der Waals surface area contributed by atoms with Crippen molar-refractivity contribution in [3.05, 3.63) is 61.6 Å². The van der Waals surface area contributed by atoms with Gasteiger partial charge in [0.1, 0.15) is 4.88 Å². The first kappa shape index (κ1) is 17.1. The summed E-state index contributed by atoms with van der Waals surface area (Å²) in [7, 11) is 1.69. The predicted molar refractivity (Wildman–Crippen MR) is 97.3 cm³/mol. The highest BCUT2D eigenvalue weighted by Gasteiger charge is 2.21. The van der Waals surface area contributed by atoms with Crippen molar-refractivity contribution in [2.75, 3.05) is 13.6 Å². The molecule has 2 heterocycles. The van der Waals surface area contributed by atoms with Crippen LogP contribution in [0.4, 0.5) is 0 Å². The second-order valence-corrected chi connectivity index (χ2v) is 6.54. The highest BCUT2D eigenvalue weighted by molar-refractivity contribution is 7.09. The Morgan fingerprint density at radius 2 is 2.00 bits per heavy atom. The van der Waals surface area contributed by atoms with Crippen LogP contribution in [-0.4, -0.2) is 38.3 Å². The highest BCUT2D eigenvalue weighted by Crippen LogP contribution is 2.18. The molecule has 0 bridgehead atoms. The number of fused-ring (bicyclic) bond motifs is 1. The number of aromatic amines is 1. The van der Waals surface area contributed by atoms with Crippen molar-refractivity contribution in [3.63, 3.8) is 0 Å². The molecule has 0 fully saturated rings. The molecule has 0 aliphatic heterocycles. The molecule has 1 N–H and O–H groups in total. The smallest absolute Gasteiger partial charge is 0.329 e. The van der Waals surface area contributed by atoms with Gasteiger partial charge in [0.25, 0.3) is 11.5 Å². The summed E-state index contributed by atoms with van der Waals surface area (Å²) >= 11 is 0.938. The quantitative estimate of drug-likeness (QED) is 0.751. The van der Waals surface area contributed by atoms with Gasteiger partial charge in [0, 0.05) is 13.6 Å². The van der Waals surface area contributed by atoms with Gasteiger partial charge < -0.3 is 9.88 Å². The molecule has 8 heteroatoms. The minimum Gasteiger partial charge on any atom is -0.341 e. The zero-order valence-corrected chi connectivity index (χ0v) is 14.8. The summed E-state index contributed by atoms with van der Waals surface area (Å²) < 4.78 is 5.21. The molecular formula is C17H18N4O3S. The lowest BCUT2D eigenvalue weighted by Crippen LogP contribution is -2.35. The summed E-state index contributed by atoms with van der Waals surface area (Å²) in [4.78, 5) is 42.0. The topological polar surface area (TPSA) is 88.1 Å². The second-order valence-electron chi connectivity index (χ2n) is 5.77. The van der Waals surface area contributed by atoms with Crippen molar-refractivity contribution in [2.24, 2.45) is 0 Å². The molecule has 130 valence electrons. The molecule has 1 aromatic carbocycles. The largest absolute Gasteiger partial charge is 0.341 e. The van der Waals surface area contributed by atoms with Crippen LogP contribution in [0.1, 0.15) is 28.6 Å². The number of hydrogen-bond donors (Lipinski definition) is 1. The summed E-state index contributed by atoms with van der Waals surface area (Å²) in [5.41, 5.74) is 0.138. The molecule has 0 saturated heterocycles. The van der Waals surface area contributed by atoms with Crippen LogP contribution in [0.5, 0.6) is 0 Å². The average Bonchev–Trinajstić information content (AvgIpc) is 3.02. The maximum absolute atomic E-state index is 12.6. The molecule has 3 rings (SSSR count). The standard InChI is InChI=1S/C17H18N4O3S/c1-3-9-20(2)16(23)14-12-13(19-25-14)15(22)21(17(24)18-12)10-11-7-5-4-6-8-11/h4-8H,3,9-10H2,1-2H3,(H,18,24). The molecule has 0 unspecified atom stereocenters. The number of hydrogen-bond acceptors (Lipinski definition) is 5. The van der Waals surface area contributed by atoms with Crippen molar-refractivity contribution in [2.45, 2.75) is 19.9 Å². The fourth-order valence-electron chi connectivity index (χ4n) is 2.61. The van der Waals surface area contributed by atoms with Gasteiger partial charge in [-0.1, -0.05) is 37.3 Å². The maximum atomic E-state index is 12.6. The van der Waals surface area contributed by atoms with Crippen molar-refractivity contribution in [1.82, 2.24) is 18.8 Å². The Hall–Kier alpha value is -2.74. The summed E-state index contributed by atoms with van der Waals surface area (Å²) in [5.74, 6) is -0.245. The summed E-state index contributed by atoms with van der Waals surface area (Å²) in [6, 6.07) is 9.23. The van der Waals surface area contributed by atoms with E-state index in [1.807, 2.05) is 37.3 Å². The van der Waals surface area contributed by atoms with Gasteiger partial charge in [0.05, 0.1) is 12.1 Å². The first-order valence-electron chi connectivity index (χ1n) is 7.94. The molecule has 3 aromatic rings. The Bertz CT molecular complexity index is 1020. The van der Waals surface area contributed by atoms with Gasteiger partial charge in [-0.25, -0.2) is 4.79 Å². The number of amides is 1. The first-order valence-corrected chi connectivity index (χ1v) is 8.72. The number of carbonyl (C=O) groups excluding carboxylic acids is 1. The Morgan fingerprint density at radius 3 is 2.68 bits per heavy atom. The highest BCUT2D eigenvalue weighted by atomic mass is 32.1. The van der Waals surface area contributed by atoms with E-state index in [9.17, 15) is 14.4 Å². The van der Waals surface area contributed by atoms with Crippen molar-refractivity contribution in [3.8, 4) is 0 Å². The molecule has 0 aliphatic carbocycles. The molecule has 2 aromatic heterocycles. The molecule has 7 nitrogen and oxygen atoms in total. The monoisotopic (exact) mass is 358 g/mol. The normalized spacial score (nSPS) is 11.0. The van der Waals surface area contributed by atoms with E-state index < -0.39 is 11.2 Å². The van der Waals surface area contributed by atoms with Crippen LogP contribution in [0.25, 0.3) is 11.0 Å². The van der Waals surface area contributed by atoms with E-state index in [4.69, 9.17) is 0 Å². The van der Waals surface area contributed by atoms with Crippen LogP contribution >= 0.6 is 11.5 Å². The fraction of sp³-hybridized carbons (Fsp3) is 0.294. The number of nitrogens with zero attached hydrogens (tertiary/aromatic N) is 3. The van der Waals surface area contributed by atoms with Crippen LogP contribution in [0, 0.1) is 0 Å². The molecule has 0 saturated carbocycles. The van der Waals surface area contributed by atoms with Crippen molar-refractivity contribution < 1.29 is 4.79 Å². The Balaban J connectivity index is 2.06. The molecule has 25 heavy (non-hydrogen) atoms. The third-order valence-corrected chi connectivity index (χ3v) is 4.74. The molecule has 0 atom stereocenters. The number of benzene rings is 1. The van der Waals surface area contributed by atoms with Crippen molar-refractivity contribution in [1.29, 1.82) is 0 Å². The van der Waals surface area contributed by atoms with Crippen LogP contribution in [-0.2, 0) is 6.54 Å². The molecule has 1 amide bonds. The van der Waals surface area contributed by atoms with E-state index in [0.717, 1.165) is 28.1 Å². The number of carbonyl (C=O) groups is 1. The zero-order valence-electron chi connectivity index (χ0n) is 14.0. The van der Waals surface area contributed by atoms with E-state index in [1.165, 1.54) is 0 Å². The van der Waals surface area contributed by atoms with E-state index in [1.54, 1.807) is 11.9 Å². The predicted octanol–water partition coefficient (Wildman–Crippen LogP) is 1.68. The minimum absolute atomic E-state index is 0.119. The van der Waals surface area contributed by atoms with E-state index in [0.29, 0.717) is 6.54 Å². The summed E-state index contributed by atoms with van der Waals surface area (Å²) in [5, 5.41) is 0. The fourth-order valence-corrected chi connectivity index (χ4v) is 3.44. The molecule has 0 spiro atoms. The van der Waals surface area contributed by atoms with Gasteiger partial charge >= 0.3 is 5.69 Å². The molecule has 0 aliphatic rings. The Morgan fingerprint density at radius 1 is 1.28 bits per heavy atom. The van der Waals surface area contributed by atoms with Gasteiger partial charge in [0.15, 0.2) is 5.52 Å². The summed E-state index contributed by atoms with van der Waals surface area (Å²) in [6.45, 7) is 2.72. The van der Waals surface area contributed by atoms with Gasteiger partial charge in [-0.2, -0.15) is 4.37 Å². The first-order chi connectivity index (χ1) is 12.0. The van der Waals surface area contributed by atoms with E-state index >= 15 is 0 Å². The third kappa shape index (κ3) is 3.25. The van der Waals surface area contributed by atoms with Crippen LogP contribution in [0.15, 0.2) is 39.9 Å². The number of rotatable bonds is 5. The van der Waals surface area contributed by atoms with Gasteiger partial charge in [-0.15, -0.1) is 0 Å². The SMILES string of the molecule is CCCN(C)C(=O)c1snc2c(=O)n(Cc3ccccc3)c(=O)[nH]c12. The van der Waals surface area contributed by atoms with Gasteiger partial charge in [0.2, 0.25) is 0 Å². The van der Waals surface area contributed by atoms with E-state index in [-0.39, 0.29) is 28.4 Å². The average molecular weight is 358 g/mol. The van der Waals surface area contributed by atoms with Crippen LogP contribution in [0.2, 0.25) is 0 Å². The lowest BCUT2D eigenvalue weighted by atomic mass is 10.2. The lowest BCUT2D eigenvalue weighted by molar-refractivity contribution is 0.0801. The van der Waals surface area contributed by atoms with Gasteiger partial charge in [-0.3, -0.25) is 14.2 Å².